The molecule has 1 saturated heterocycles. The molecule has 3 atom stereocenters. The molecule has 0 spiro atoms. The first-order valence-corrected chi connectivity index (χ1v) is 5.89. The second-order valence-corrected chi connectivity index (χ2v) is 5.48. The summed E-state index contributed by atoms with van der Waals surface area (Å²) in [6.45, 7) is 5.80. The van der Waals surface area contributed by atoms with Gasteiger partial charge >= 0.3 is 0 Å². The minimum Gasteiger partial charge on any atom is -0.267 e. The highest BCUT2D eigenvalue weighted by Crippen LogP contribution is 2.25. The van der Waals surface area contributed by atoms with Gasteiger partial charge in [-0.15, -0.1) is 0 Å². The summed E-state index contributed by atoms with van der Waals surface area (Å²) in [6.07, 6.45) is 0.764. The third-order valence-electron chi connectivity index (χ3n) is 2.36. The van der Waals surface area contributed by atoms with Crippen LogP contribution in [0.15, 0.2) is 0 Å². The summed E-state index contributed by atoms with van der Waals surface area (Å²) >= 11 is 0. The predicted molar refractivity (Wildman–Crippen MR) is 47.3 cm³/mol. The molecule has 3 nitrogen and oxygen atoms in total. The lowest BCUT2D eigenvalue weighted by Gasteiger charge is -2.15. The fraction of sp³-hybridized carbons (Fsp3) is 1.00. The highest BCUT2D eigenvalue weighted by Gasteiger charge is 2.29. The smallest absolute Gasteiger partial charge is 0.267 e. The van der Waals surface area contributed by atoms with E-state index < -0.39 is 10.1 Å². The van der Waals surface area contributed by atoms with Crippen LogP contribution in [0.25, 0.3) is 0 Å². The third kappa shape index (κ3) is 2.45. The maximum Gasteiger partial charge on any atom is 0.267 e. The molecule has 12 heavy (non-hydrogen) atoms. The fourth-order valence-electron chi connectivity index (χ4n) is 1.61. The van der Waals surface area contributed by atoms with E-state index in [4.69, 9.17) is 4.18 Å². The lowest BCUT2D eigenvalue weighted by Crippen LogP contribution is -2.19. The van der Waals surface area contributed by atoms with E-state index in [1.807, 2.05) is 20.8 Å². The zero-order valence-corrected chi connectivity index (χ0v) is 8.60. The van der Waals surface area contributed by atoms with Crippen molar-refractivity contribution < 1.29 is 12.6 Å². The van der Waals surface area contributed by atoms with Crippen molar-refractivity contribution in [2.24, 2.45) is 11.8 Å². The van der Waals surface area contributed by atoms with E-state index in [0.29, 0.717) is 5.92 Å². The van der Waals surface area contributed by atoms with Crippen LogP contribution in [0.1, 0.15) is 27.2 Å². The van der Waals surface area contributed by atoms with Crippen molar-refractivity contribution in [3.05, 3.63) is 0 Å². The Hall–Kier alpha value is -0.0900. The normalized spacial score (nSPS) is 42.1. The molecule has 72 valence electrons. The van der Waals surface area contributed by atoms with Gasteiger partial charge in [0.25, 0.3) is 10.1 Å². The summed E-state index contributed by atoms with van der Waals surface area (Å²) in [5.41, 5.74) is 0. The Morgan fingerprint density at radius 2 is 1.83 bits per heavy atom. The van der Waals surface area contributed by atoms with Gasteiger partial charge in [-0.3, -0.25) is 4.18 Å². The molecule has 3 unspecified atom stereocenters. The molecular weight excluding hydrogens is 176 g/mol. The predicted octanol–water partition coefficient (Wildman–Crippen LogP) is 1.40. The Bertz CT molecular complexity index is 245. The molecule has 0 amide bonds. The summed E-state index contributed by atoms with van der Waals surface area (Å²) in [7, 11) is -3.25. The molecule has 0 N–H and O–H groups in total. The standard InChI is InChI=1S/C8H16O3S/c1-6-4-7(2)8(3)11-12(9,10)5-6/h6-8H,4-5H2,1-3H3. The maximum absolute atomic E-state index is 11.2. The van der Waals surface area contributed by atoms with Crippen LogP contribution >= 0.6 is 0 Å². The number of rotatable bonds is 0. The van der Waals surface area contributed by atoms with E-state index in [2.05, 4.69) is 0 Å². The van der Waals surface area contributed by atoms with Gasteiger partial charge in [-0.05, 0) is 25.2 Å². The average molecular weight is 192 g/mol. The Balaban J connectivity index is 2.80. The van der Waals surface area contributed by atoms with Crippen LogP contribution in [0.5, 0.6) is 0 Å². The van der Waals surface area contributed by atoms with E-state index in [-0.39, 0.29) is 17.8 Å². The highest BCUT2D eigenvalue weighted by atomic mass is 32.2. The van der Waals surface area contributed by atoms with Crippen LogP contribution < -0.4 is 0 Å². The molecule has 1 aliphatic rings. The molecule has 0 aromatic carbocycles. The van der Waals surface area contributed by atoms with Crippen LogP contribution in [-0.2, 0) is 14.3 Å². The van der Waals surface area contributed by atoms with Crippen LogP contribution in [0.3, 0.4) is 0 Å². The molecule has 1 fully saturated rings. The van der Waals surface area contributed by atoms with Crippen molar-refractivity contribution in [2.45, 2.75) is 33.3 Å². The van der Waals surface area contributed by atoms with Gasteiger partial charge in [-0.25, -0.2) is 0 Å². The second kappa shape index (κ2) is 3.34. The Morgan fingerprint density at radius 1 is 1.25 bits per heavy atom. The lowest BCUT2D eigenvalue weighted by atomic mass is 9.95. The Kier molecular flexibility index (Phi) is 2.78. The Labute approximate surface area is 74.2 Å². The first kappa shape index (κ1) is 9.99. The highest BCUT2D eigenvalue weighted by molar-refractivity contribution is 7.86. The largest absolute Gasteiger partial charge is 0.267 e. The van der Waals surface area contributed by atoms with Crippen molar-refractivity contribution in [1.82, 2.24) is 0 Å². The molecule has 4 heteroatoms. The van der Waals surface area contributed by atoms with Crippen LogP contribution in [0, 0.1) is 11.8 Å². The van der Waals surface area contributed by atoms with E-state index in [0.717, 1.165) is 6.42 Å². The summed E-state index contributed by atoms with van der Waals surface area (Å²) in [4.78, 5) is 0. The van der Waals surface area contributed by atoms with E-state index in [1.54, 1.807) is 0 Å². The molecule has 0 aromatic heterocycles. The number of hydrogen-bond acceptors (Lipinski definition) is 3. The van der Waals surface area contributed by atoms with Crippen molar-refractivity contribution in [1.29, 1.82) is 0 Å². The topological polar surface area (TPSA) is 43.4 Å². The minimum atomic E-state index is -3.25. The molecule has 1 rings (SSSR count). The van der Waals surface area contributed by atoms with Crippen LogP contribution in [0.4, 0.5) is 0 Å². The summed E-state index contributed by atoms with van der Waals surface area (Å²) in [5.74, 6) is 0.717. The van der Waals surface area contributed by atoms with Gasteiger partial charge in [0, 0.05) is 0 Å². The minimum absolute atomic E-state index is 0.167. The fourth-order valence-corrected chi connectivity index (χ4v) is 3.17. The molecule has 1 heterocycles. The summed E-state index contributed by atoms with van der Waals surface area (Å²) in [6, 6.07) is 0. The van der Waals surface area contributed by atoms with Crippen molar-refractivity contribution >= 4 is 10.1 Å². The second-order valence-electron chi connectivity index (χ2n) is 3.84. The van der Waals surface area contributed by atoms with Gasteiger partial charge in [0.05, 0.1) is 11.9 Å². The third-order valence-corrected chi connectivity index (χ3v) is 3.94. The molecular formula is C8H16O3S. The van der Waals surface area contributed by atoms with Gasteiger partial charge in [0.15, 0.2) is 0 Å². The Morgan fingerprint density at radius 3 is 2.42 bits per heavy atom. The van der Waals surface area contributed by atoms with E-state index in [1.165, 1.54) is 0 Å². The van der Waals surface area contributed by atoms with Crippen molar-refractivity contribution in [3.63, 3.8) is 0 Å². The first-order chi connectivity index (χ1) is 5.41. The molecule has 0 bridgehead atoms. The maximum atomic E-state index is 11.2. The summed E-state index contributed by atoms with van der Waals surface area (Å²) < 4.78 is 27.4. The van der Waals surface area contributed by atoms with Crippen LogP contribution in [0.2, 0.25) is 0 Å². The zero-order valence-electron chi connectivity index (χ0n) is 7.78. The summed E-state index contributed by atoms with van der Waals surface area (Å²) in [5, 5.41) is 0. The first-order valence-electron chi connectivity index (χ1n) is 4.31. The zero-order chi connectivity index (χ0) is 9.35. The van der Waals surface area contributed by atoms with E-state index >= 15 is 0 Å². The van der Waals surface area contributed by atoms with Gasteiger partial charge < -0.3 is 0 Å². The van der Waals surface area contributed by atoms with Crippen LogP contribution in [-0.4, -0.2) is 20.3 Å². The molecule has 0 saturated carbocycles. The number of hydrogen-bond donors (Lipinski definition) is 0. The molecule has 1 aliphatic heterocycles. The lowest BCUT2D eigenvalue weighted by molar-refractivity contribution is 0.168. The van der Waals surface area contributed by atoms with Gasteiger partial charge in [0.1, 0.15) is 0 Å². The van der Waals surface area contributed by atoms with E-state index in [9.17, 15) is 8.42 Å². The van der Waals surface area contributed by atoms with Crippen molar-refractivity contribution in [2.75, 3.05) is 5.75 Å². The van der Waals surface area contributed by atoms with Crippen molar-refractivity contribution in [3.8, 4) is 0 Å². The monoisotopic (exact) mass is 192 g/mol. The molecule has 0 radical (unpaired) electrons. The van der Waals surface area contributed by atoms with Gasteiger partial charge in [-0.1, -0.05) is 13.8 Å². The molecule has 0 aromatic rings. The quantitative estimate of drug-likeness (QED) is 0.545. The van der Waals surface area contributed by atoms with Gasteiger partial charge in [-0.2, -0.15) is 8.42 Å². The molecule has 0 aliphatic carbocycles. The SMILES string of the molecule is CC1CC(C)C(C)OS(=O)(=O)C1. The van der Waals surface area contributed by atoms with Gasteiger partial charge in [0.2, 0.25) is 0 Å². The average Bonchev–Trinajstić information content (AvgIpc) is 1.89.